The maximum absolute atomic E-state index is 6.44. The molecule has 0 amide bonds. The van der Waals surface area contributed by atoms with Gasteiger partial charge in [0.1, 0.15) is 0 Å². The van der Waals surface area contributed by atoms with Crippen molar-refractivity contribution in [3.05, 3.63) is 22.2 Å². The van der Waals surface area contributed by atoms with Crippen LogP contribution in [0.25, 0.3) is 0 Å². The highest BCUT2D eigenvalue weighted by molar-refractivity contribution is 9.10. The Hall–Kier alpha value is -0.740. The summed E-state index contributed by atoms with van der Waals surface area (Å²) >= 11 is 3.61. The SMILES string of the molecule is COc1cc(Br)c(C2(N)CCC2)cc1OC1CCC1. The summed E-state index contributed by atoms with van der Waals surface area (Å²) in [6, 6.07) is 4.05. The smallest absolute Gasteiger partial charge is 0.161 e. The summed E-state index contributed by atoms with van der Waals surface area (Å²) < 4.78 is 12.5. The first-order chi connectivity index (χ1) is 9.12. The van der Waals surface area contributed by atoms with E-state index < -0.39 is 0 Å². The summed E-state index contributed by atoms with van der Waals surface area (Å²) in [4.78, 5) is 0. The minimum atomic E-state index is -0.192. The van der Waals surface area contributed by atoms with Crippen LogP contribution in [0, 0.1) is 0 Å². The molecule has 0 spiro atoms. The average molecular weight is 326 g/mol. The van der Waals surface area contributed by atoms with E-state index in [0.717, 1.165) is 47.2 Å². The van der Waals surface area contributed by atoms with Crippen LogP contribution in [0.5, 0.6) is 11.5 Å². The quantitative estimate of drug-likeness (QED) is 0.917. The van der Waals surface area contributed by atoms with Crippen molar-refractivity contribution in [1.29, 1.82) is 0 Å². The van der Waals surface area contributed by atoms with Gasteiger partial charge in [-0.15, -0.1) is 0 Å². The molecule has 2 saturated carbocycles. The summed E-state index contributed by atoms with van der Waals surface area (Å²) in [7, 11) is 1.68. The van der Waals surface area contributed by atoms with Gasteiger partial charge in [0.05, 0.1) is 13.2 Å². The Balaban J connectivity index is 1.93. The van der Waals surface area contributed by atoms with Gasteiger partial charge in [-0.25, -0.2) is 0 Å². The standard InChI is InChI=1S/C15H20BrNO2/c1-18-13-9-12(16)11(15(17)6-3-7-15)8-14(13)19-10-4-2-5-10/h8-10H,2-7,17H2,1H3. The van der Waals surface area contributed by atoms with E-state index in [9.17, 15) is 0 Å². The van der Waals surface area contributed by atoms with Gasteiger partial charge in [0.25, 0.3) is 0 Å². The molecule has 0 bridgehead atoms. The zero-order chi connectivity index (χ0) is 13.5. The van der Waals surface area contributed by atoms with Crippen LogP contribution in [-0.4, -0.2) is 13.2 Å². The first kappa shape index (κ1) is 13.3. The second kappa shape index (κ2) is 4.98. The number of halogens is 1. The number of hydrogen-bond acceptors (Lipinski definition) is 3. The fraction of sp³-hybridized carbons (Fsp3) is 0.600. The molecule has 2 N–H and O–H groups in total. The third-order valence-electron chi connectivity index (χ3n) is 4.38. The summed E-state index contributed by atoms with van der Waals surface area (Å²) in [5.41, 5.74) is 7.39. The molecule has 3 rings (SSSR count). The zero-order valence-electron chi connectivity index (χ0n) is 11.2. The summed E-state index contributed by atoms with van der Waals surface area (Å²) in [5.74, 6) is 1.62. The van der Waals surface area contributed by atoms with Crippen LogP contribution in [0.1, 0.15) is 44.1 Å². The van der Waals surface area contributed by atoms with Gasteiger partial charge < -0.3 is 15.2 Å². The zero-order valence-corrected chi connectivity index (χ0v) is 12.8. The molecule has 0 aliphatic heterocycles. The van der Waals surface area contributed by atoms with Crippen molar-refractivity contribution in [2.75, 3.05) is 7.11 Å². The summed E-state index contributed by atoms with van der Waals surface area (Å²) in [6.45, 7) is 0. The van der Waals surface area contributed by atoms with E-state index in [0.29, 0.717) is 6.10 Å². The molecular formula is C15H20BrNO2. The average Bonchev–Trinajstić information content (AvgIpc) is 2.31. The molecule has 0 heterocycles. The van der Waals surface area contributed by atoms with Gasteiger partial charge in [-0.2, -0.15) is 0 Å². The Kier molecular flexibility index (Phi) is 3.48. The molecule has 1 aromatic carbocycles. The van der Waals surface area contributed by atoms with Crippen molar-refractivity contribution >= 4 is 15.9 Å². The minimum Gasteiger partial charge on any atom is -0.493 e. The fourth-order valence-corrected chi connectivity index (χ4v) is 3.38. The number of benzene rings is 1. The number of rotatable bonds is 4. The molecule has 0 radical (unpaired) electrons. The lowest BCUT2D eigenvalue weighted by atomic mass is 9.73. The third-order valence-corrected chi connectivity index (χ3v) is 5.04. The predicted octanol–water partition coefficient (Wildman–Crippen LogP) is 3.73. The van der Waals surface area contributed by atoms with Crippen LogP contribution in [0.4, 0.5) is 0 Å². The topological polar surface area (TPSA) is 44.5 Å². The van der Waals surface area contributed by atoms with Crippen molar-refractivity contribution in [2.24, 2.45) is 5.73 Å². The van der Waals surface area contributed by atoms with Crippen LogP contribution in [0.2, 0.25) is 0 Å². The Morgan fingerprint density at radius 2 is 1.95 bits per heavy atom. The fourth-order valence-electron chi connectivity index (χ4n) is 2.66. The molecule has 1 aromatic rings. The lowest BCUT2D eigenvalue weighted by Gasteiger charge is -2.39. The van der Waals surface area contributed by atoms with Crippen LogP contribution < -0.4 is 15.2 Å². The van der Waals surface area contributed by atoms with E-state index in [4.69, 9.17) is 15.2 Å². The second-order valence-electron chi connectivity index (χ2n) is 5.66. The maximum Gasteiger partial charge on any atom is 0.161 e. The van der Waals surface area contributed by atoms with E-state index >= 15 is 0 Å². The van der Waals surface area contributed by atoms with Crippen LogP contribution >= 0.6 is 15.9 Å². The van der Waals surface area contributed by atoms with Crippen molar-refractivity contribution in [2.45, 2.75) is 50.2 Å². The lowest BCUT2D eigenvalue weighted by Crippen LogP contribution is -2.43. The van der Waals surface area contributed by atoms with Crippen LogP contribution in [-0.2, 0) is 5.54 Å². The Morgan fingerprint density at radius 3 is 2.42 bits per heavy atom. The summed E-state index contributed by atoms with van der Waals surface area (Å²) in [6.07, 6.45) is 7.18. The number of hydrogen-bond donors (Lipinski definition) is 1. The molecule has 0 atom stereocenters. The van der Waals surface area contributed by atoms with Gasteiger partial charge in [-0.3, -0.25) is 0 Å². The van der Waals surface area contributed by atoms with E-state index in [1.807, 2.05) is 6.07 Å². The van der Waals surface area contributed by atoms with E-state index in [2.05, 4.69) is 22.0 Å². The molecule has 2 aliphatic rings. The largest absolute Gasteiger partial charge is 0.493 e. The molecule has 3 nitrogen and oxygen atoms in total. The minimum absolute atomic E-state index is 0.192. The Bertz CT molecular complexity index is 481. The van der Waals surface area contributed by atoms with Gasteiger partial charge in [0.2, 0.25) is 0 Å². The molecule has 0 unspecified atom stereocenters. The highest BCUT2D eigenvalue weighted by Crippen LogP contribution is 2.46. The molecule has 4 heteroatoms. The van der Waals surface area contributed by atoms with Gasteiger partial charge in [-0.1, -0.05) is 15.9 Å². The van der Waals surface area contributed by atoms with E-state index in [1.165, 1.54) is 12.8 Å². The molecule has 19 heavy (non-hydrogen) atoms. The van der Waals surface area contributed by atoms with Crippen LogP contribution in [0.15, 0.2) is 16.6 Å². The Morgan fingerprint density at radius 1 is 1.21 bits per heavy atom. The van der Waals surface area contributed by atoms with Crippen molar-refractivity contribution in [3.8, 4) is 11.5 Å². The van der Waals surface area contributed by atoms with Gasteiger partial charge in [0, 0.05) is 10.0 Å². The Labute approximate surface area is 122 Å². The number of methoxy groups -OCH3 is 1. The van der Waals surface area contributed by atoms with Crippen molar-refractivity contribution in [1.82, 2.24) is 0 Å². The van der Waals surface area contributed by atoms with Gasteiger partial charge in [0.15, 0.2) is 11.5 Å². The molecular weight excluding hydrogens is 306 g/mol. The monoisotopic (exact) mass is 325 g/mol. The molecule has 0 saturated heterocycles. The lowest BCUT2D eigenvalue weighted by molar-refractivity contribution is 0.115. The predicted molar refractivity (Wildman–Crippen MR) is 78.7 cm³/mol. The van der Waals surface area contributed by atoms with E-state index in [1.54, 1.807) is 7.11 Å². The molecule has 2 aliphatic carbocycles. The highest BCUT2D eigenvalue weighted by atomic mass is 79.9. The van der Waals surface area contributed by atoms with Crippen molar-refractivity contribution in [3.63, 3.8) is 0 Å². The molecule has 2 fully saturated rings. The first-order valence-corrected chi connectivity index (χ1v) is 7.75. The maximum atomic E-state index is 6.44. The van der Waals surface area contributed by atoms with Gasteiger partial charge in [-0.05, 0) is 56.2 Å². The van der Waals surface area contributed by atoms with E-state index in [-0.39, 0.29) is 5.54 Å². The summed E-state index contributed by atoms with van der Waals surface area (Å²) in [5, 5.41) is 0. The molecule has 104 valence electrons. The second-order valence-corrected chi connectivity index (χ2v) is 6.52. The molecule has 0 aromatic heterocycles. The van der Waals surface area contributed by atoms with Crippen molar-refractivity contribution < 1.29 is 9.47 Å². The highest BCUT2D eigenvalue weighted by Gasteiger charge is 2.37. The third kappa shape index (κ3) is 2.36. The van der Waals surface area contributed by atoms with Gasteiger partial charge >= 0.3 is 0 Å². The number of ether oxygens (including phenoxy) is 2. The number of nitrogens with two attached hydrogens (primary N) is 1. The van der Waals surface area contributed by atoms with Crippen LogP contribution in [0.3, 0.4) is 0 Å². The normalized spacial score (nSPS) is 21.4. The first-order valence-electron chi connectivity index (χ1n) is 6.96.